The van der Waals surface area contributed by atoms with Crippen LogP contribution in [0.5, 0.6) is 0 Å². The van der Waals surface area contributed by atoms with Crippen LogP contribution in [-0.4, -0.2) is 54.8 Å². The topological polar surface area (TPSA) is 73.0 Å². The van der Waals surface area contributed by atoms with Crippen LogP contribution in [0.2, 0.25) is 0 Å². The maximum atomic E-state index is 13.0. The fourth-order valence-electron chi connectivity index (χ4n) is 4.00. The number of rotatable bonds is 4. The van der Waals surface area contributed by atoms with Gasteiger partial charge in [-0.1, -0.05) is 18.2 Å². The molecule has 1 atom stereocenters. The largest absolute Gasteiger partial charge is 0.369 e. The van der Waals surface area contributed by atoms with Gasteiger partial charge in [0.2, 0.25) is 11.8 Å². The molecule has 2 aromatic rings. The molecule has 150 valence electrons. The Morgan fingerprint density at radius 1 is 0.897 bits per heavy atom. The van der Waals surface area contributed by atoms with Crippen LogP contribution in [0, 0.1) is 0 Å². The van der Waals surface area contributed by atoms with Crippen molar-refractivity contribution in [3.8, 4) is 0 Å². The minimum absolute atomic E-state index is 0.166. The highest BCUT2D eigenvalue weighted by Crippen LogP contribution is 2.28. The summed E-state index contributed by atoms with van der Waals surface area (Å²) in [4.78, 5) is 42.4. The van der Waals surface area contributed by atoms with Crippen LogP contribution in [0.1, 0.15) is 13.3 Å². The minimum Gasteiger partial charge on any atom is -0.369 e. The molecule has 0 unspecified atom stereocenters. The zero-order valence-corrected chi connectivity index (χ0v) is 16.4. The number of hydrogen-bond donors (Lipinski definition) is 1. The number of nitrogens with zero attached hydrogens (tertiary/aromatic N) is 3. The molecule has 0 aromatic heterocycles. The van der Waals surface area contributed by atoms with Gasteiger partial charge in [0.25, 0.3) is 5.91 Å². The van der Waals surface area contributed by atoms with Crippen LogP contribution >= 0.6 is 0 Å². The zero-order valence-electron chi connectivity index (χ0n) is 16.4. The SMILES string of the molecule is CC(=O)Nc1ccc(N2C(=O)C[C@@H](N3CCN(c4ccccc4)CC3)C2=O)cc1. The fourth-order valence-corrected chi connectivity index (χ4v) is 4.00. The number of carbonyl (C=O) groups is 3. The van der Waals surface area contributed by atoms with Gasteiger partial charge in [0, 0.05) is 44.5 Å². The predicted molar refractivity (Wildman–Crippen MR) is 112 cm³/mol. The van der Waals surface area contributed by atoms with E-state index in [1.165, 1.54) is 17.5 Å². The van der Waals surface area contributed by atoms with Crippen molar-refractivity contribution in [3.05, 3.63) is 54.6 Å². The molecule has 0 spiro atoms. The Kier molecular flexibility index (Phi) is 5.31. The van der Waals surface area contributed by atoms with Crippen molar-refractivity contribution in [1.29, 1.82) is 0 Å². The molecule has 3 amide bonds. The first-order valence-electron chi connectivity index (χ1n) is 9.81. The molecule has 7 heteroatoms. The lowest BCUT2D eigenvalue weighted by atomic mass is 10.1. The quantitative estimate of drug-likeness (QED) is 0.807. The molecule has 2 saturated heterocycles. The highest BCUT2D eigenvalue weighted by molar-refractivity contribution is 6.22. The standard InChI is InChI=1S/C22H24N4O3/c1-16(27)23-17-7-9-19(10-8-17)26-21(28)15-20(22(26)29)25-13-11-24(12-14-25)18-5-3-2-4-6-18/h2-10,20H,11-15H2,1H3,(H,23,27)/t20-/m1/s1. The second kappa shape index (κ2) is 8.05. The van der Waals surface area contributed by atoms with E-state index in [1.807, 2.05) is 18.2 Å². The molecule has 2 aliphatic heterocycles. The van der Waals surface area contributed by atoms with Gasteiger partial charge >= 0.3 is 0 Å². The third-order valence-corrected chi connectivity index (χ3v) is 5.45. The van der Waals surface area contributed by atoms with Crippen LogP contribution < -0.4 is 15.1 Å². The van der Waals surface area contributed by atoms with Gasteiger partial charge in [-0.3, -0.25) is 19.3 Å². The summed E-state index contributed by atoms with van der Waals surface area (Å²) < 4.78 is 0. The highest BCUT2D eigenvalue weighted by atomic mass is 16.2. The van der Waals surface area contributed by atoms with Crippen LogP contribution in [0.4, 0.5) is 17.1 Å². The third kappa shape index (κ3) is 4.00. The van der Waals surface area contributed by atoms with Gasteiger partial charge in [0.1, 0.15) is 0 Å². The van der Waals surface area contributed by atoms with Crippen molar-refractivity contribution in [2.24, 2.45) is 0 Å². The van der Waals surface area contributed by atoms with E-state index in [4.69, 9.17) is 0 Å². The average molecular weight is 392 g/mol. The van der Waals surface area contributed by atoms with E-state index in [0.29, 0.717) is 11.4 Å². The molecule has 0 saturated carbocycles. The second-order valence-corrected chi connectivity index (χ2v) is 7.37. The fraction of sp³-hybridized carbons (Fsp3) is 0.318. The van der Waals surface area contributed by atoms with Gasteiger partial charge in [0.15, 0.2) is 0 Å². The normalized spacial score (nSPS) is 20.2. The maximum Gasteiger partial charge on any atom is 0.251 e. The summed E-state index contributed by atoms with van der Waals surface area (Å²) in [5.41, 5.74) is 2.36. The first-order valence-corrected chi connectivity index (χ1v) is 9.81. The monoisotopic (exact) mass is 392 g/mol. The number of imide groups is 1. The van der Waals surface area contributed by atoms with Gasteiger partial charge in [-0.2, -0.15) is 0 Å². The van der Waals surface area contributed by atoms with Gasteiger partial charge in [-0.05, 0) is 36.4 Å². The Morgan fingerprint density at radius 2 is 1.55 bits per heavy atom. The third-order valence-electron chi connectivity index (χ3n) is 5.45. The van der Waals surface area contributed by atoms with Gasteiger partial charge in [-0.25, -0.2) is 4.90 Å². The number of hydrogen-bond acceptors (Lipinski definition) is 5. The summed E-state index contributed by atoms with van der Waals surface area (Å²) in [6, 6.07) is 16.6. The smallest absolute Gasteiger partial charge is 0.251 e. The van der Waals surface area contributed by atoms with E-state index >= 15 is 0 Å². The average Bonchev–Trinajstić information content (AvgIpc) is 3.03. The Morgan fingerprint density at radius 3 is 2.17 bits per heavy atom. The first-order chi connectivity index (χ1) is 14.0. The summed E-state index contributed by atoms with van der Waals surface area (Å²) in [6.07, 6.45) is 0.206. The number of anilines is 3. The molecule has 2 fully saturated rings. The van der Waals surface area contributed by atoms with Crippen LogP contribution in [0.3, 0.4) is 0 Å². The highest BCUT2D eigenvalue weighted by Gasteiger charge is 2.43. The molecule has 1 N–H and O–H groups in total. The number of carbonyl (C=O) groups excluding carboxylic acids is 3. The first kappa shape index (κ1) is 19.1. The number of piperazine rings is 1. The molecule has 2 aromatic carbocycles. The number of nitrogens with one attached hydrogen (secondary N) is 1. The zero-order chi connectivity index (χ0) is 20.4. The molecule has 29 heavy (non-hydrogen) atoms. The summed E-state index contributed by atoms with van der Waals surface area (Å²) in [7, 11) is 0. The summed E-state index contributed by atoms with van der Waals surface area (Å²) in [5, 5.41) is 2.68. The van der Waals surface area contributed by atoms with Crippen molar-refractivity contribution in [2.75, 3.05) is 41.3 Å². The van der Waals surface area contributed by atoms with Crippen molar-refractivity contribution in [3.63, 3.8) is 0 Å². The van der Waals surface area contributed by atoms with E-state index in [0.717, 1.165) is 26.2 Å². The predicted octanol–water partition coefficient (Wildman–Crippen LogP) is 2.10. The molecule has 2 heterocycles. The Bertz CT molecular complexity index is 905. The van der Waals surface area contributed by atoms with E-state index in [2.05, 4.69) is 27.2 Å². The van der Waals surface area contributed by atoms with Crippen LogP contribution in [-0.2, 0) is 14.4 Å². The molecule has 0 bridgehead atoms. The van der Waals surface area contributed by atoms with Crippen LogP contribution in [0.25, 0.3) is 0 Å². The summed E-state index contributed by atoms with van der Waals surface area (Å²) in [6.45, 7) is 4.58. The molecule has 2 aliphatic rings. The Hall–Kier alpha value is -3.19. The van der Waals surface area contributed by atoms with E-state index in [1.54, 1.807) is 24.3 Å². The van der Waals surface area contributed by atoms with Gasteiger partial charge in [0.05, 0.1) is 18.2 Å². The molecule has 4 rings (SSSR count). The molecular formula is C22H24N4O3. The van der Waals surface area contributed by atoms with Crippen molar-refractivity contribution in [2.45, 2.75) is 19.4 Å². The number of amides is 3. The maximum absolute atomic E-state index is 13.0. The van der Waals surface area contributed by atoms with E-state index in [-0.39, 0.29) is 24.1 Å². The Labute approximate surface area is 169 Å². The second-order valence-electron chi connectivity index (χ2n) is 7.37. The summed E-state index contributed by atoms with van der Waals surface area (Å²) >= 11 is 0. The lowest BCUT2D eigenvalue weighted by molar-refractivity contribution is -0.123. The lowest BCUT2D eigenvalue weighted by Gasteiger charge is -2.38. The summed E-state index contributed by atoms with van der Waals surface area (Å²) in [5.74, 6) is -0.519. The number of benzene rings is 2. The van der Waals surface area contributed by atoms with Crippen molar-refractivity contribution in [1.82, 2.24) is 4.90 Å². The van der Waals surface area contributed by atoms with Gasteiger partial charge in [-0.15, -0.1) is 0 Å². The van der Waals surface area contributed by atoms with E-state index < -0.39 is 6.04 Å². The van der Waals surface area contributed by atoms with E-state index in [9.17, 15) is 14.4 Å². The minimum atomic E-state index is -0.407. The van der Waals surface area contributed by atoms with Gasteiger partial charge < -0.3 is 10.2 Å². The molecule has 0 radical (unpaired) electrons. The molecule has 7 nitrogen and oxygen atoms in total. The van der Waals surface area contributed by atoms with Crippen molar-refractivity contribution >= 4 is 34.8 Å². The number of para-hydroxylation sites is 1. The molecular weight excluding hydrogens is 368 g/mol. The Balaban J connectivity index is 1.41. The lowest BCUT2D eigenvalue weighted by Crippen LogP contribution is -2.52. The molecule has 0 aliphatic carbocycles. The van der Waals surface area contributed by atoms with Crippen molar-refractivity contribution < 1.29 is 14.4 Å². The van der Waals surface area contributed by atoms with Crippen LogP contribution in [0.15, 0.2) is 54.6 Å².